The van der Waals surface area contributed by atoms with Crippen molar-refractivity contribution in [1.29, 1.82) is 0 Å². The van der Waals surface area contributed by atoms with E-state index in [1.165, 1.54) is 12.7 Å². The number of methoxy groups -OCH3 is 1. The first-order valence-corrected chi connectivity index (χ1v) is 10.3. The first-order chi connectivity index (χ1) is 14.1. The summed E-state index contributed by atoms with van der Waals surface area (Å²) in [7, 11) is 1.36. The molecule has 0 saturated carbocycles. The average Bonchev–Trinajstić information content (AvgIpc) is 2.75. The molecule has 1 saturated heterocycles. The van der Waals surface area contributed by atoms with Gasteiger partial charge in [-0.2, -0.15) is 0 Å². The Morgan fingerprint density at radius 1 is 1.03 bits per heavy atom. The van der Waals surface area contributed by atoms with E-state index in [1.807, 2.05) is 48.5 Å². The molecule has 5 heteroatoms. The average molecular weight is 395 g/mol. The Morgan fingerprint density at radius 3 is 2.28 bits per heavy atom. The van der Waals surface area contributed by atoms with Crippen molar-refractivity contribution < 1.29 is 14.3 Å². The van der Waals surface area contributed by atoms with Crippen molar-refractivity contribution in [2.45, 2.75) is 57.3 Å². The molecule has 1 amide bonds. The number of carbonyl (C=O) groups excluding carboxylic acids is 2. The van der Waals surface area contributed by atoms with Crippen molar-refractivity contribution >= 4 is 11.9 Å². The Labute approximate surface area is 173 Å². The Bertz CT molecular complexity index is 794. The molecular formula is C24H30N2O3. The van der Waals surface area contributed by atoms with Crippen LogP contribution in [0.4, 0.5) is 0 Å². The molecule has 1 fully saturated rings. The predicted molar refractivity (Wildman–Crippen MR) is 113 cm³/mol. The highest BCUT2D eigenvalue weighted by Crippen LogP contribution is 2.25. The van der Waals surface area contributed by atoms with Crippen LogP contribution >= 0.6 is 0 Å². The largest absolute Gasteiger partial charge is 0.467 e. The number of carbonyl (C=O) groups is 2. The third-order valence-electron chi connectivity index (χ3n) is 5.66. The third-order valence-corrected chi connectivity index (χ3v) is 5.66. The Morgan fingerprint density at radius 2 is 1.66 bits per heavy atom. The Hall–Kier alpha value is -2.66. The van der Waals surface area contributed by atoms with Crippen molar-refractivity contribution in [3.63, 3.8) is 0 Å². The monoisotopic (exact) mass is 394 g/mol. The summed E-state index contributed by atoms with van der Waals surface area (Å²) >= 11 is 0. The van der Waals surface area contributed by atoms with Gasteiger partial charge in [-0.05, 0) is 37.3 Å². The molecule has 0 bridgehead atoms. The Kier molecular flexibility index (Phi) is 7.42. The minimum Gasteiger partial charge on any atom is -0.467 e. The van der Waals surface area contributed by atoms with Crippen molar-refractivity contribution in [3.8, 4) is 0 Å². The lowest BCUT2D eigenvalue weighted by Crippen LogP contribution is -2.55. The van der Waals surface area contributed by atoms with Crippen LogP contribution in [0.3, 0.4) is 0 Å². The van der Waals surface area contributed by atoms with E-state index in [0.29, 0.717) is 12.5 Å². The lowest BCUT2D eigenvalue weighted by Gasteiger charge is -2.40. The second kappa shape index (κ2) is 10.2. The molecule has 29 heavy (non-hydrogen) atoms. The van der Waals surface area contributed by atoms with Gasteiger partial charge in [0.15, 0.2) is 0 Å². The van der Waals surface area contributed by atoms with Crippen LogP contribution in [-0.4, -0.2) is 42.0 Å². The maximum Gasteiger partial charge on any atom is 0.328 e. The van der Waals surface area contributed by atoms with Gasteiger partial charge in [0.2, 0.25) is 5.91 Å². The smallest absolute Gasteiger partial charge is 0.328 e. The SMILES string of the molecule is COC(=O)[C@H](Cc1ccccc1)NC(=O)[C@@H]1CCC[C@H](C)N1Cc1ccccc1. The summed E-state index contributed by atoms with van der Waals surface area (Å²) in [6, 6.07) is 19.3. The molecule has 3 rings (SSSR count). The van der Waals surface area contributed by atoms with Gasteiger partial charge in [-0.15, -0.1) is 0 Å². The summed E-state index contributed by atoms with van der Waals surface area (Å²) in [5.74, 6) is -0.514. The van der Waals surface area contributed by atoms with E-state index in [0.717, 1.165) is 31.4 Å². The van der Waals surface area contributed by atoms with E-state index in [4.69, 9.17) is 4.74 Å². The van der Waals surface area contributed by atoms with Crippen LogP contribution in [0.25, 0.3) is 0 Å². The van der Waals surface area contributed by atoms with Gasteiger partial charge in [-0.1, -0.05) is 60.7 Å². The van der Waals surface area contributed by atoms with Crippen molar-refractivity contribution in [3.05, 3.63) is 71.8 Å². The van der Waals surface area contributed by atoms with Gasteiger partial charge in [-0.25, -0.2) is 4.79 Å². The second-order valence-electron chi connectivity index (χ2n) is 7.73. The van der Waals surface area contributed by atoms with E-state index < -0.39 is 12.0 Å². The molecule has 1 N–H and O–H groups in total. The number of hydrogen-bond acceptors (Lipinski definition) is 4. The highest BCUT2D eigenvalue weighted by atomic mass is 16.5. The molecule has 0 aliphatic carbocycles. The summed E-state index contributed by atoms with van der Waals surface area (Å²) in [5.41, 5.74) is 2.18. The molecule has 0 unspecified atom stereocenters. The number of benzene rings is 2. The van der Waals surface area contributed by atoms with Gasteiger partial charge < -0.3 is 10.1 Å². The molecule has 2 aromatic carbocycles. The fourth-order valence-electron chi connectivity index (χ4n) is 4.04. The quantitative estimate of drug-likeness (QED) is 0.732. The second-order valence-corrected chi connectivity index (χ2v) is 7.73. The number of ether oxygens (including phenoxy) is 1. The standard InChI is InChI=1S/C24H30N2O3/c1-18-10-9-15-22(26(18)17-20-13-7-4-8-14-20)23(27)25-21(24(28)29-2)16-19-11-5-3-6-12-19/h3-8,11-14,18,21-22H,9-10,15-17H2,1-2H3,(H,25,27)/t18-,21-,22-/m0/s1. The van der Waals surface area contributed by atoms with E-state index in [1.54, 1.807) is 0 Å². The van der Waals surface area contributed by atoms with Gasteiger partial charge in [0, 0.05) is 19.0 Å². The van der Waals surface area contributed by atoms with Crippen molar-refractivity contribution in [1.82, 2.24) is 10.2 Å². The van der Waals surface area contributed by atoms with E-state index in [-0.39, 0.29) is 11.9 Å². The highest BCUT2D eigenvalue weighted by molar-refractivity contribution is 5.87. The van der Waals surface area contributed by atoms with Crippen LogP contribution in [0.1, 0.15) is 37.3 Å². The van der Waals surface area contributed by atoms with E-state index in [9.17, 15) is 9.59 Å². The van der Waals surface area contributed by atoms with Gasteiger partial charge in [0.05, 0.1) is 13.2 Å². The lowest BCUT2D eigenvalue weighted by molar-refractivity contribution is -0.146. The first kappa shape index (κ1) is 21.1. The minimum atomic E-state index is -0.689. The maximum absolute atomic E-state index is 13.2. The fraction of sp³-hybridized carbons (Fsp3) is 0.417. The van der Waals surface area contributed by atoms with Crippen LogP contribution in [0.5, 0.6) is 0 Å². The molecule has 154 valence electrons. The summed E-state index contributed by atoms with van der Waals surface area (Å²) < 4.78 is 4.95. The van der Waals surface area contributed by atoms with Gasteiger partial charge in [-0.3, -0.25) is 9.69 Å². The molecule has 1 heterocycles. The number of esters is 1. The van der Waals surface area contributed by atoms with Crippen LogP contribution in [0, 0.1) is 0 Å². The zero-order valence-electron chi connectivity index (χ0n) is 17.2. The van der Waals surface area contributed by atoms with E-state index >= 15 is 0 Å². The molecule has 2 aromatic rings. The molecule has 0 spiro atoms. The van der Waals surface area contributed by atoms with Crippen molar-refractivity contribution in [2.75, 3.05) is 7.11 Å². The third kappa shape index (κ3) is 5.67. The topological polar surface area (TPSA) is 58.6 Å². The van der Waals surface area contributed by atoms with E-state index in [2.05, 4.69) is 29.3 Å². The predicted octanol–water partition coefficient (Wildman–Crippen LogP) is 3.33. The Balaban J connectivity index is 1.73. The number of piperidine rings is 1. The maximum atomic E-state index is 13.2. The fourth-order valence-corrected chi connectivity index (χ4v) is 4.04. The molecule has 0 radical (unpaired) electrons. The summed E-state index contributed by atoms with van der Waals surface area (Å²) in [5, 5.41) is 2.97. The lowest BCUT2D eigenvalue weighted by atomic mass is 9.94. The van der Waals surface area contributed by atoms with Crippen LogP contribution < -0.4 is 5.32 Å². The molecule has 1 aliphatic heterocycles. The molecule has 0 aromatic heterocycles. The zero-order chi connectivity index (χ0) is 20.6. The molecule has 1 aliphatic rings. The van der Waals surface area contributed by atoms with Crippen LogP contribution in [-0.2, 0) is 27.3 Å². The number of nitrogens with one attached hydrogen (secondary N) is 1. The normalized spacial score (nSPS) is 20.6. The number of rotatable bonds is 7. The van der Waals surface area contributed by atoms with Crippen LogP contribution in [0.2, 0.25) is 0 Å². The molecule has 5 nitrogen and oxygen atoms in total. The van der Waals surface area contributed by atoms with Gasteiger partial charge in [0.25, 0.3) is 0 Å². The van der Waals surface area contributed by atoms with Crippen molar-refractivity contribution in [2.24, 2.45) is 0 Å². The van der Waals surface area contributed by atoms with Crippen LogP contribution in [0.15, 0.2) is 60.7 Å². The highest BCUT2D eigenvalue weighted by Gasteiger charge is 2.35. The molecular weight excluding hydrogens is 364 g/mol. The first-order valence-electron chi connectivity index (χ1n) is 10.3. The summed E-state index contributed by atoms with van der Waals surface area (Å²) in [6.45, 7) is 2.89. The number of likely N-dealkylation sites (tertiary alicyclic amines) is 1. The number of nitrogens with zero attached hydrogens (tertiary/aromatic N) is 1. The van der Waals surface area contributed by atoms with Gasteiger partial charge in [0.1, 0.15) is 6.04 Å². The number of amides is 1. The zero-order valence-corrected chi connectivity index (χ0v) is 17.2. The summed E-state index contributed by atoms with van der Waals surface area (Å²) in [4.78, 5) is 27.8. The van der Waals surface area contributed by atoms with Gasteiger partial charge >= 0.3 is 5.97 Å². The molecule has 3 atom stereocenters. The summed E-state index contributed by atoms with van der Waals surface area (Å²) in [6.07, 6.45) is 3.29. The minimum absolute atomic E-state index is 0.0983. The number of hydrogen-bond donors (Lipinski definition) is 1.